The minimum Gasteiger partial charge on any atom is -0.497 e. The van der Waals surface area contributed by atoms with Gasteiger partial charge in [0.05, 0.1) is 19.1 Å². The zero-order valence-corrected chi connectivity index (χ0v) is 14.6. The summed E-state index contributed by atoms with van der Waals surface area (Å²) in [5, 5.41) is 0. The molecule has 0 amide bonds. The first-order chi connectivity index (χ1) is 10.2. The van der Waals surface area contributed by atoms with Gasteiger partial charge < -0.3 is 4.74 Å². The standard InChI is InChI=1S/C13H22N2O5S2/c1-4-22(18,19)14-9-10-15(21(3,16)17)11-12-5-7-13(20-2)8-6-12/h5-8,14H,4,9-11H2,1-3H3. The lowest BCUT2D eigenvalue weighted by molar-refractivity contribution is 0.408. The molecule has 0 saturated heterocycles. The normalized spacial score (nSPS) is 12.5. The van der Waals surface area contributed by atoms with Crippen molar-refractivity contribution in [3.63, 3.8) is 0 Å². The van der Waals surface area contributed by atoms with Crippen LogP contribution in [0.3, 0.4) is 0 Å². The van der Waals surface area contributed by atoms with Crippen molar-refractivity contribution in [2.45, 2.75) is 13.5 Å². The molecular weight excluding hydrogens is 328 g/mol. The third kappa shape index (κ3) is 6.30. The Hall–Kier alpha value is -1.16. The van der Waals surface area contributed by atoms with E-state index in [1.165, 1.54) is 11.2 Å². The van der Waals surface area contributed by atoms with Crippen LogP contribution < -0.4 is 9.46 Å². The zero-order valence-electron chi connectivity index (χ0n) is 12.9. The Morgan fingerprint density at radius 3 is 2.18 bits per heavy atom. The highest BCUT2D eigenvalue weighted by molar-refractivity contribution is 7.89. The van der Waals surface area contributed by atoms with E-state index < -0.39 is 20.0 Å². The highest BCUT2D eigenvalue weighted by atomic mass is 32.2. The summed E-state index contributed by atoms with van der Waals surface area (Å²) in [5.41, 5.74) is 0.796. The van der Waals surface area contributed by atoms with Crippen molar-refractivity contribution >= 4 is 20.0 Å². The largest absolute Gasteiger partial charge is 0.497 e. The van der Waals surface area contributed by atoms with Crippen molar-refractivity contribution in [3.05, 3.63) is 29.8 Å². The Labute approximate surface area is 132 Å². The second-order valence-corrected chi connectivity index (χ2v) is 8.82. The number of methoxy groups -OCH3 is 1. The summed E-state index contributed by atoms with van der Waals surface area (Å²) in [6.45, 7) is 1.81. The first kappa shape index (κ1) is 18.9. The van der Waals surface area contributed by atoms with E-state index in [2.05, 4.69) is 4.72 Å². The maximum Gasteiger partial charge on any atom is 0.211 e. The molecule has 1 rings (SSSR count). The van der Waals surface area contributed by atoms with Gasteiger partial charge in [-0.2, -0.15) is 4.31 Å². The van der Waals surface area contributed by atoms with Crippen LogP contribution in [0.15, 0.2) is 24.3 Å². The smallest absolute Gasteiger partial charge is 0.211 e. The van der Waals surface area contributed by atoms with Gasteiger partial charge in [-0.3, -0.25) is 0 Å². The molecule has 0 saturated carbocycles. The van der Waals surface area contributed by atoms with Gasteiger partial charge in [0, 0.05) is 19.6 Å². The zero-order chi connectivity index (χ0) is 16.8. The maximum absolute atomic E-state index is 11.8. The number of benzene rings is 1. The Morgan fingerprint density at radius 2 is 1.73 bits per heavy atom. The highest BCUT2D eigenvalue weighted by Crippen LogP contribution is 2.14. The second-order valence-electron chi connectivity index (χ2n) is 4.74. The molecule has 0 radical (unpaired) electrons. The van der Waals surface area contributed by atoms with Crippen LogP contribution in [-0.4, -0.2) is 53.3 Å². The highest BCUT2D eigenvalue weighted by Gasteiger charge is 2.17. The van der Waals surface area contributed by atoms with E-state index in [1.54, 1.807) is 31.4 Å². The number of nitrogens with zero attached hydrogens (tertiary/aromatic N) is 1. The van der Waals surface area contributed by atoms with Gasteiger partial charge in [-0.05, 0) is 24.6 Å². The number of ether oxygens (including phenoxy) is 1. The molecule has 1 aromatic carbocycles. The molecule has 0 aliphatic rings. The van der Waals surface area contributed by atoms with Crippen molar-refractivity contribution in [2.75, 3.05) is 32.2 Å². The van der Waals surface area contributed by atoms with E-state index in [0.29, 0.717) is 5.75 Å². The van der Waals surface area contributed by atoms with Crippen LogP contribution in [0.2, 0.25) is 0 Å². The van der Waals surface area contributed by atoms with Crippen molar-refractivity contribution in [2.24, 2.45) is 0 Å². The molecule has 0 fully saturated rings. The van der Waals surface area contributed by atoms with Gasteiger partial charge in [-0.1, -0.05) is 12.1 Å². The molecule has 1 aromatic rings. The fourth-order valence-electron chi connectivity index (χ4n) is 1.72. The molecule has 0 atom stereocenters. The number of hydrogen-bond donors (Lipinski definition) is 1. The van der Waals surface area contributed by atoms with Gasteiger partial charge in [-0.15, -0.1) is 0 Å². The Kier molecular flexibility index (Phi) is 6.79. The molecule has 7 nitrogen and oxygen atoms in total. The fourth-order valence-corrected chi connectivity index (χ4v) is 3.14. The fraction of sp³-hybridized carbons (Fsp3) is 0.538. The monoisotopic (exact) mass is 350 g/mol. The van der Waals surface area contributed by atoms with Crippen LogP contribution in [0.1, 0.15) is 12.5 Å². The number of nitrogens with one attached hydrogen (secondary N) is 1. The SMILES string of the molecule is CCS(=O)(=O)NCCN(Cc1ccc(OC)cc1)S(C)(=O)=O. The minimum absolute atomic E-state index is 0.0373. The molecule has 22 heavy (non-hydrogen) atoms. The molecule has 0 unspecified atom stereocenters. The third-order valence-electron chi connectivity index (χ3n) is 3.05. The van der Waals surface area contributed by atoms with Crippen LogP contribution in [-0.2, 0) is 26.6 Å². The van der Waals surface area contributed by atoms with Gasteiger partial charge in [0.25, 0.3) is 0 Å². The van der Waals surface area contributed by atoms with Gasteiger partial charge in [-0.25, -0.2) is 21.6 Å². The second kappa shape index (κ2) is 7.91. The predicted octanol–water partition coefficient (Wildman–Crippen LogP) is 0.396. The van der Waals surface area contributed by atoms with E-state index in [4.69, 9.17) is 4.74 Å². The maximum atomic E-state index is 11.8. The van der Waals surface area contributed by atoms with E-state index in [1.807, 2.05) is 0 Å². The topological polar surface area (TPSA) is 92.8 Å². The van der Waals surface area contributed by atoms with E-state index >= 15 is 0 Å². The van der Waals surface area contributed by atoms with Crippen LogP contribution in [0.25, 0.3) is 0 Å². The molecule has 126 valence electrons. The summed E-state index contributed by atoms with van der Waals surface area (Å²) in [6, 6.07) is 7.03. The Morgan fingerprint density at radius 1 is 1.14 bits per heavy atom. The lowest BCUT2D eigenvalue weighted by Gasteiger charge is -2.20. The first-order valence-electron chi connectivity index (χ1n) is 6.73. The van der Waals surface area contributed by atoms with Gasteiger partial charge in [0.15, 0.2) is 0 Å². The molecule has 0 aliphatic heterocycles. The quantitative estimate of drug-likeness (QED) is 0.696. The number of hydrogen-bond acceptors (Lipinski definition) is 5. The summed E-state index contributed by atoms with van der Waals surface area (Å²) in [7, 11) is -5.21. The Balaban J connectivity index is 2.73. The third-order valence-corrected chi connectivity index (χ3v) is 5.70. The average Bonchev–Trinajstić information content (AvgIpc) is 2.46. The molecule has 0 spiro atoms. The summed E-state index contributed by atoms with van der Waals surface area (Å²) in [6.07, 6.45) is 1.10. The van der Waals surface area contributed by atoms with Crippen molar-refractivity contribution in [3.8, 4) is 5.75 Å². The summed E-state index contributed by atoms with van der Waals surface area (Å²) >= 11 is 0. The van der Waals surface area contributed by atoms with E-state index in [0.717, 1.165) is 11.8 Å². The molecule has 9 heteroatoms. The number of rotatable bonds is 9. The van der Waals surface area contributed by atoms with Crippen LogP contribution in [0.4, 0.5) is 0 Å². The summed E-state index contributed by atoms with van der Waals surface area (Å²) in [5.74, 6) is 0.648. The Bertz CT molecular complexity index is 669. The molecule has 0 heterocycles. The molecule has 1 N–H and O–H groups in total. The first-order valence-corrected chi connectivity index (χ1v) is 10.2. The van der Waals surface area contributed by atoms with Gasteiger partial charge in [0.2, 0.25) is 20.0 Å². The van der Waals surface area contributed by atoms with Crippen LogP contribution in [0, 0.1) is 0 Å². The summed E-state index contributed by atoms with van der Waals surface area (Å²) in [4.78, 5) is 0. The van der Waals surface area contributed by atoms with Crippen molar-refractivity contribution in [1.82, 2.24) is 9.03 Å². The molecular formula is C13H22N2O5S2. The average molecular weight is 350 g/mol. The lowest BCUT2D eigenvalue weighted by Crippen LogP contribution is -2.38. The van der Waals surface area contributed by atoms with Gasteiger partial charge in [0.1, 0.15) is 5.75 Å². The molecule has 0 aromatic heterocycles. The van der Waals surface area contributed by atoms with Crippen molar-refractivity contribution < 1.29 is 21.6 Å². The van der Waals surface area contributed by atoms with Gasteiger partial charge >= 0.3 is 0 Å². The predicted molar refractivity (Wildman–Crippen MR) is 85.7 cm³/mol. The van der Waals surface area contributed by atoms with E-state index in [9.17, 15) is 16.8 Å². The molecule has 0 bridgehead atoms. The van der Waals surface area contributed by atoms with E-state index in [-0.39, 0.29) is 25.4 Å². The minimum atomic E-state index is -3.44. The summed E-state index contributed by atoms with van der Waals surface area (Å²) < 4.78 is 55.0. The lowest BCUT2D eigenvalue weighted by atomic mass is 10.2. The van der Waals surface area contributed by atoms with Crippen LogP contribution in [0.5, 0.6) is 5.75 Å². The van der Waals surface area contributed by atoms with Crippen molar-refractivity contribution in [1.29, 1.82) is 0 Å². The number of sulfonamides is 2. The molecule has 0 aliphatic carbocycles. The van der Waals surface area contributed by atoms with Crippen LogP contribution >= 0.6 is 0 Å².